The number of nitrogens with two attached hydrogens (primary N) is 1. The van der Waals surface area contributed by atoms with Gasteiger partial charge in [-0.15, -0.1) is 0 Å². The minimum absolute atomic E-state index is 0.125. The van der Waals surface area contributed by atoms with Gasteiger partial charge in [0.1, 0.15) is 0 Å². The fourth-order valence-electron chi connectivity index (χ4n) is 4.63. The zero-order chi connectivity index (χ0) is 15.7. The Hall–Kier alpha value is -1.64. The van der Waals surface area contributed by atoms with Crippen LogP contribution in [0.15, 0.2) is 60.7 Å². The normalized spacial score (nSPS) is 27.3. The van der Waals surface area contributed by atoms with Gasteiger partial charge in [0.15, 0.2) is 0 Å². The van der Waals surface area contributed by atoms with E-state index in [9.17, 15) is 0 Å². The third-order valence-corrected chi connectivity index (χ3v) is 5.91. The molecule has 2 nitrogen and oxygen atoms in total. The molecule has 2 atom stereocenters. The Balaban J connectivity index is 1.73. The summed E-state index contributed by atoms with van der Waals surface area (Å²) < 4.78 is 0. The van der Waals surface area contributed by atoms with E-state index < -0.39 is 0 Å². The van der Waals surface area contributed by atoms with Crippen molar-refractivity contribution in [2.75, 3.05) is 13.1 Å². The Bertz CT molecular complexity index is 598. The molecule has 2 aliphatic heterocycles. The van der Waals surface area contributed by atoms with Crippen LogP contribution < -0.4 is 5.73 Å². The van der Waals surface area contributed by atoms with E-state index in [4.69, 9.17) is 5.73 Å². The lowest BCUT2D eigenvalue weighted by molar-refractivity contribution is 0.0638. The van der Waals surface area contributed by atoms with Gasteiger partial charge in [-0.05, 0) is 43.4 Å². The molecule has 0 saturated carbocycles. The first kappa shape index (κ1) is 14.9. The molecule has 0 radical (unpaired) electrons. The molecule has 0 aromatic heterocycles. The molecule has 0 aliphatic carbocycles. The van der Waals surface area contributed by atoms with E-state index in [1.54, 1.807) is 0 Å². The van der Waals surface area contributed by atoms with Crippen molar-refractivity contribution in [3.63, 3.8) is 0 Å². The lowest BCUT2D eigenvalue weighted by Gasteiger charge is -2.50. The van der Waals surface area contributed by atoms with Crippen molar-refractivity contribution >= 4 is 0 Å². The number of rotatable bonds is 2. The van der Waals surface area contributed by atoms with Crippen LogP contribution in [0.3, 0.4) is 0 Å². The highest BCUT2D eigenvalue weighted by Crippen LogP contribution is 2.43. The van der Waals surface area contributed by atoms with E-state index in [0.717, 1.165) is 19.5 Å². The summed E-state index contributed by atoms with van der Waals surface area (Å²) in [6.45, 7) is 2.27. The Morgan fingerprint density at radius 3 is 2.09 bits per heavy atom. The van der Waals surface area contributed by atoms with Crippen molar-refractivity contribution < 1.29 is 0 Å². The average molecular weight is 306 g/mol. The molecular formula is C21H26N2. The number of hydrogen-bond donors (Lipinski definition) is 1. The second-order valence-electron chi connectivity index (χ2n) is 7.26. The van der Waals surface area contributed by atoms with Gasteiger partial charge in [0.25, 0.3) is 0 Å². The Morgan fingerprint density at radius 2 is 1.48 bits per heavy atom. The van der Waals surface area contributed by atoms with Crippen molar-refractivity contribution in [2.24, 2.45) is 5.73 Å². The van der Waals surface area contributed by atoms with Gasteiger partial charge >= 0.3 is 0 Å². The molecule has 2 unspecified atom stereocenters. The zero-order valence-corrected chi connectivity index (χ0v) is 13.7. The molecular weight excluding hydrogens is 280 g/mol. The third-order valence-electron chi connectivity index (χ3n) is 5.91. The standard InChI is InChI=1S/C21H26N2/c22-19-12-14-23-16-21(13-11-20(23)15-19,17-7-3-1-4-8-17)18-9-5-2-6-10-18/h1-10,19-20H,11-16,22H2. The summed E-state index contributed by atoms with van der Waals surface area (Å²) in [5.74, 6) is 0. The Morgan fingerprint density at radius 1 is 0.870 bits per heavy atom. The molecule has 2 saturated heterocycles. The largest absolute Gasteiger partial charge is 0.328 e. The summed E-state index contributed by atoms with van der Waals surface area (Å²) in [7, 11) is 0. The smallest absolute Gasteiger partial charge is 0.0330 e. The summed E-state index contributed by atoms with van der Waals surface area (Å²) >= 11 is 0. The van der Waals surface area contributed by atoms with Crippen LogP contribution in [0, 0.1) is 0 Å². The maximum atomic E-state index is 6.20. The van der Waals surface area contributed by atoms with Crippen molar-refractivity contribution in [3.05, 3.63) is 71.8 Å². The fraction of sp³-hybridized carbons (Fsp3) is 0.429. The third kappa shape index (κ3) is 2.71. The molecule has 0 bridgehead atoms. The molecule has 2 aliphatic rings. The molecule has 120 valence electrons. The number of nitrogens with zero attached hydrogens (tertiary/aromatic N) is 1. The number of fused-ring (bicyclic) bond motifs is 1. The van der Waals surface area contributed by atoms with Crippen molar-refractivity contribution in [2.45, 2.75) is 43.2 Å². The molecule has 2 fully saturated rings. The van der Waals surface area contributed by atoms with Crippen LogP contribution in [0.25, 0.3) is 0 Å². The van der Waals surface area contributed by atoms with E-state index in [1.807, 2.05) is 0 Å². The summed E-state index contributed by atoms with van der Waals surface area (Å²) in [5, 5.41) is 0. The lowest BCUT2D eigenvalue weighted by Crippen LogP contribution is -2.56. The van der Waals surface area contributed by atoms with Crippen LogP contribution in [0.2, 0.25) is 0 Å². The van der Waals surface area contributed by atoms with Gasteiger partial charge < -0.3 is 5.73 Å². The number of piperidine rings is 2. The zero-order valence-electron chi connectivity index (χ0n) is 13.7. The van der Waals surface area contributed by atoms with Gasteiger partial charge in [-0.1, -0.05) is 60.7 Å². The van der Waals surface area contributed by atoms with Crippen molar-refractivity contribution in [1.29, 1.82) is 0 Å². The predicted octanol–water partition coefficient (Wildman–Crippen LogP) is 3.56. The first-order valence-corrected chi connectivity index (χ1v) is 8.89. The Labute approximate surface area is 139 Å². The second kappa shape index (κ2) is 6.10. The minimum atomic E-state index is 0.125. The molecule has 2 heterocycles. The molecule has 2 heteroatoms. The number of benzene rings is 2. The highest BCUT2D eigenvalue weighted by Gasteiger charge is 2.43. The average Bonchev–Trinajstić information content (AvgIpc) is 2.63. The van der Waals surface area contributed by atoms with Gasteiger partial charge in [0.05, 0.1) is 0 Å². The van der Waals surface area contributed by atoms with Crippen LogP contribution in [0.5, 0.6) is 0 Å². The van der Waals surface area contributed by atoms with E-state index in [2.05, 4.69) is 65.6 Å². The van der Waals surface area contributed by atoms with E-state index >= 15 is 0 Å². The molecule has 4 rings (SSSR count). The SMILES string of the molecule is NC1CCN2CC(c3ccccc3)(c3ccccc3)CCC2C1. The maximum Gasteiger partial charge on any atom is 0.0330 e. The first-order chi connectivity index (χ1) is 11.3. The summed E-state index contributed by atoms with van der Waals surface area (Å²) in [6, 6.07) is 23.3. The van der Waals surface area contributed by atoms with Crippen LogP contribution in [0.4, 0.5) is 0 Å². The monoisotopic (exact) mass is 306 g/mol. The van der Waals surface area contributed by atoms with Gasteiger partial charge in [0.2, 0.25) is 0 Å². The van der Waals surface area contributed by atoms with Gasteiger partial charge in [-0.25, -0.2) is 0 Å². The topological polar surface area (TPSA) is 29.3 Å². The van der Waals surface area contributed by atoms with Gasteiger partial charge in [-0.3, -0.25) is 4.90 Å². The summed E-state index contributed by atoms with van der Waals surface area (Å²) in [4.78, 5) is 2.70. The highest BCUT2D eigenvalue weighted by atomic mass is 15.2. The van der Waals surface area contributed by atoms with Crippen LogP contribution in [-0.2, 0) is 5.41 Å². The molecule has 23 heavy (non-hydrogen) atoms. The summed E-state index contributed by atoms with van der Waals surface area (Å²) in [5.41, 5.74) is 9.25. The maximum absolute atomic E-state index is 6.20. The van der Waals surface area contributed by atoms with Crippen molar-refractivity contribution in [1.82, 2.24) is 4.90 Å². The van der Waals surface area contributed by atoms with E-state index in [1.165, 1.54) is 30.4 Å². The highest BCUT2D eigenvalue weighted by molar-refractivity contribution is 5.40. The molecule has 0 spiro atoms. The predicted molar refractivity (Wildman–Crippen MR) is 95.5 cm³/mol. The molecule has 0 amide bonds. The van der Waals surface area contributed by atoms with Crippen LogP contribution >= 0.6 is 0 Å². The number of hydrogen-bond acceptors (Lipinski definition) is 2. The van der Waals surface area contributed by atoms with Crippen LogP contribution in [0.1, 0.15) is 36.8 Å². The lowest BCUT2D eigenvalue weighted by atomic mass is 9.67. The van der Waals surface area contributed by atoms with Gasteiger partial charge in [0, 0.05) is 24.0 Å². The van der Waals surface area contributed by atoms with Gasteiger partial charge in [-0.2, -0.15) is 0 Å². The molecule has 2 aromatic rings. The second-order valence-corrected chi connectivity index (χ2v) is 7.26. The Kier molecular flexibility index (Phi) is 3.96. The first-order valence-electron chi connectivity index (χ1n) is 8.89. The quantitative estimate of drug-likeness (QED) is 0.919. The fourth-order valence-corrected chi connectivity index (χ4v) is 4.63. The minimum Gasteiger partial charge on any atom is -0.328 e. The van der Waals surface area contributed by atoms with E-state index in [-0.39, 0.29) is 5.41 Å². The van der Waals surface area contributed by atoms with Crippen LogP contribution in [-0.4, -0.2) is 30.1 Å². The van der Waals surface area contributed by atoms with Crippen molar-refractivity contribution in [3.8, 4) is 0 Å². The van der Waals surface area contributed by atoms with E-state index in [0.29, 0.717) is 12.1 Å². The molecule has 2 N–H and O–H groups in total. The summed E-state index contributed by atoms with van der Waals surface area (Å²) in [6.07, 6.45) is 4.77. The molecule has 2 aromatic carbocycles.